The Balaban J connectivity index is 1.64. The maximum atomic E-state index is 12.8. The zero-order valence-electron chi connectivity index (χ0n) is 16.1. The SMILES string of the molecule is CC1Oc2ccc(NC(=O)c3ccccc3Cl)cc2N(Cc2ccc(Cl)cc2)C1=O. The summed E-state index contributed by atoms with van der Waals surface area (Å²) in [4.78, 5) is 27.1. The molecule has 0 spiro atoms. The third-order valence-corrected chi connectivity index (χ3v) is 5.38. The normalized spacial score (nSPS) is 15.4. The van der Waals surface area contributed by atoms with E-state index in [-0.39, 0.29) is 11.8 Å². The number of hydrogen-bond acceptors (Lipinski definition) is 3. The van der Waals surface area contributed by atoms with Crippen LogP contribution in [0.4, 0.5) is 11.4 Å². The van der Waals surface area contributed by atoms with Gasteiger partial charge in [-0.3, -0.25) is 9.59 Å². The number of benzene rings is 3. The van der Waals surface area contributed by atoms with Crippen molar-refractivity contribution in [1.29, 1.82) is 0 Å². The van der Waals surface area contributed by atoms with Gasteiger partial charge in [0.25, 0.3) is 11.8 Å². The number of hydrogen-bond donors (Lipinski definition) is 1. The van der Waals surface area contributed by atoms with E-state index in [2.05, 4.69) is 5.32 Å². The van der Waals surface area contributed by atoms with Crippen LogP contribution < -0.4 is 15.0 Å². The molecular formula is C23H18Cl2N2O3. The van der Waals surface area contributed by atoms with Gasteiger partial charge in [0.15, 0.2) is 6.10 Å². The van der Waals surface area contributed by atoms with Gasteiger partial charge in [-0.05, 0) is 55.0 Å². The van der Waals surface area contributed by atoms with Crippen molar-refractivity contribution in [1.82, 2.24) is 0 Å². The number of carbonyl (C=O) groups excluding carboxylic acids is 2. The van der Waals surface area contributed by atoms with Crippen molar-refractivity contribution < 1.29 is 14.3 Å². The molecule has 5 nitrogen and oxygen atoms in total. The fraction of sp³-hybridized carbons (Fsp3) is 0.130. The Morgan fingerprint density at radius 3 is 2.53 bits per heavy atom. The van der Waals surface area contributed by atoms with Crippen molar-refractivity contribution in [2.75, 3.05) is 10.2 Å². The smallest absolute Gasteiger partial charge is 0.268 e. The van der Waals surface area contributed by atoms with Crippen molar-refractivity contribution in [2.45, 2.75) is 19.6 Å². The van der Waals surface area contributed by atoms with E-state index in [0.29, 0.717) is 39.3 Å². The van der Waals surface area contributed by atoms with Gasteiger partial charge in [0.05, 0.1) is 22.8 Å². The molecule has 0 saturated carbocycles. The highest BCUT2D eigenvalue weighted by Crippen LogP contribution is 2.37. The first kappa shape index (κ1) is 20.3. The first-order chi connectivity index (χ1) is 14.4. The molecule has 7 heteroatoms. The Hall–Kier alpha value is -3.02. The van der Waals surface area contributed by atoms with E-state index in [4.69, 9.17) is 27.9 Å². The van der Waals surface area contributed by atoms with Crippen LogP contribution in [0.5, 0.6) is 5.75 Å². The number of nitrogens with zero attached hydrogens (tertiary/aromatic N) is 1. The summed E-state index contributed by atoms with van der Waals surface area (Å²) >= 11 is 12.1. The quantitative estimate of drug-likeness (QED) is 0.577. The van der Waals surface area contributed by atoms with Crippen molar-refractivity contribution >= 4 is 46.4 Å². The number of amides is 2. The lowest BCUT2D eigenvalue weighted by Crippen LogP contribution is -2.44. The molecule has 0 aromatic heterocycles. The number of anilines is 2. The molecule has 0 aliphatic carbocycles. The molecule has 1 aliphatic rings. The molecule has 1 aliphatic heterocycles. The minimum absolute atomic E-state index is 0.160. The van der Waals surface area contributed by atoms with Crippen LogP contribution in [-0.2, 0) is 11.3 Å². The highest BCUT2D eigenvalue weighted by atomic mass is 35.5. The molecule has 1 heterocycles. The average Bonchev–Trinajstić information content (AvgIpc) is 2.73. The Bertz CT molecular complexity index is 1120. The van der Waals surface area contributed by atoms with Crippen molar-refractivity contribution in [3.8, 4) is 5.75 Å². The molecule has 1 N–H and O–H groups in total. The van der Waals surface area contributed by atoms with E-state index in [0.717, 1.165) is 5.56 Å². The molecule has 2 amide bonds. The van der Waals surface area contributed by atoms with Gasteiger partial charge < -0.3 is 15.0 Å². The molecule has 0 radical (unpaired) electrons. The van der Waals surface area contributed by atoms with Gasteiger partial charge in [-0.25, -0.2) is 0 Å². The summed E-state index contributed by atoms with van der Waals surface area (Å²) in [5.74, 6) is 0.0834. The van der Waals surface area contributed by atoms with Gasteiger partial charge >= 0.3 is 0 Å². The second kappa shape index (κ2) is 8.38. The molecule has 4 rings (SSSR count). The lowest BCUT2D eigenvalue weighted by atomic mass is 10.1. The van der Waals surface area contributed by atoms with Crippen molar-refractivity contribution in [2.24, 2.45) is 0 Å². The summed E-state index contributed by atoms with van der Waals surface area (Å²) in [6.07, 6.45) is -0.603. The fourth-order valence-corrected chi connectivity index (χ4v) is 3.61. The molecular weight excluding hydrogens is 423 g/mol. The summed E-state index contributed by atoms with van der Waals surface area (Å²) in [5, 5.41) is 3.83. The summed E-state index contributed by atoms with van der Waals surface area (Å²) in [7, 11) is 0. The minimum Gasteiger partial charge on any atom is -0.479 e. The van der Waals surface area contributed by atoms with Crippen LogP contribution in [0, 0.1) is 0 Å². The maximum absolute atomic E-state index is 12.8. The van der Waals surface area contributed by atoms with Crippen molar-refractivity contribution in [3.63, 3.8) is 0 Å². The minimum atomic E-state index is -0.603. The van der Waals surface area contributed by atoms with Gasteiger partial charge in [-0.1, -0.05) is 47.5 Å². The third kappa shape index (κ3) is 4.13. The van der Waals surface area contributed by atoms with E-state index in [9.17, 15) is 9.59 Å². The summed E-state index contributed by atoms with van der Waals surface area (Å²) in [6, 6.07) is 19.3. The van der Waals surface area contributed by atoms with E-state index in [1.54, 1.807) is 66.4 Å². The molecule has 3 aromatic rings. The number of halogens is 2. The zero-order chi connectivity index (χ0) is 21.3. The summed E-state index contributed by atoms with van der Waals surface area (Å²) in [6.45, 7) is 2.08. The lowest BCUT2D eigenvalue weighted by Gasteiger charge is -2.33. The molecule has 1 atom stereocenters. The standard InChI is InChI=1S/C23H18Cl2N2O3/c1-14-23(29)27(13-15-6-8-16(24)9-7-15)20-12-17(10-11-21(20)30-14)26-22(28)18-4-2-3-5-19(18)25/h2-12,14H,13H2,1H3,(H,26,28). The molecule has 1 unspecified atom stereocenters. The Labute approximate surface area is 184 Å². The fourth-order valence-electron chi connectivity index (χ4n) is 3.26. The molecule has 0 fully saturated rings. The number of fused-ring (bicyclic) bond motifs is 1. The van der Waals surface area contributed by atoms with Gasteiger partial charge in [0, 0.05) is 10.7 Å². The topological polar surface area (TPSA) is 58.6 Å². The van der Waals surface area contributed by atoms with E-state index in [1.165, 1.54) is 0 Å². The molecule has 30 heavy (non-hydrogen) atoms. The number of ether oxygens (including phenoxy) is 1. The number of carbonyl (C=O) groups is 2. The van der Waals surface area contributed by atoms with Gasteiger partial charge in [0.2, 0.25) is 0 Å². The second-order valence-electron chi connectivity index (χ2n) is 6.93. The highest BCUT2D eigenvalue weighted by Gasteiger charge is 2.32. The van der Waals surface area contributed by atoms with Crippen LogP contribution in [0.3, 0.4) is 0 Å². The second-order valence-corrected chi connectivity index (χ2v) is 7.77. The molecule has 3 aromatic carbocycles. The van der Waals surface area contributed by atoms with E-state index < -0.39 is 6.10 Å². The first-order valence-corrected chi connectivity index (χ1v) is 10.1. The maximum Gasteiger partial charge on any atom is 0.268 e. The molecule has 0 saturated heterocycles. The Morgan fingerprint density at radius 1 is 1.07 bits per heavy atom. The number of nitrogens with one attached hydrogen (secondary N) is 1. The van der Waals surface area contributed by atoms with Crippen LogP contribution in [0.1, 0.15) is 22.8 Å². The third-order valence-electron chi connectivity index (χ3n) is 4.80. The summed E-state index contributed by atoms with van der Waals surface area (Å²) < 4.78 is 5.75. The Kier molecular flexibility index (Phi) is 5.66. The van der Waals surface area contributed by atoms with Gasteiger partial charge in [-0.2, -0.15) is 0 Å². The van der Waals surface area contributed by atoms with Crippen LogP contribution in [-0.4, -0.2) is 17.9 Å². The molecule has 152 valence electrons. The largest absolute Gasteiger partial charge is 0.479 e. The predicted molar refractivity (Wildman–Crippen MR) is 119 cm³/mol. The van der Waals surface area contributed by atoms with Crippen LogP contribution in [0.25, 0.3) is 0 Å². The first-order valence-electron chi connectivity index (χ1n) is 9.35. The van der Waals surface area contributed by atoms with Gasteiger partial charge in [0.1, 0.15) is 5.75 Å². The predicted octanol–water partition coefficient (Wildman–Crippen LogP) is 5.56. The monoisotopic (exact) mass is 440 g/mol. The zero-order valence-corrected chi connectivity index (χ0v) is 17.6. The van der Waals surface area contributed by atoms with E-state index in [1.807, 2.05) is 12.1 Å². The van der Waals surface area contributed by atoms with Crippen LogP contribution in [0.15, 0.2) is 66.7 Å². The molecule has 0 bridgehead atoms. The highest BCUT2D eigenvalue weighted by molar-refractivity contribution is 6.34. The van der Waals surface area contributed by atoms with Crippen LogP contribution >= 0.6 is 23.2 Å². The van der Waals surface area contributed by atoms with Gasteiger partial charge in [-0.15, -0.1) is 0 Å². The van der Waals surface area contributed by atoms with E-state index >= 15 is 0 Å². The summed E-state index contributed by atoms with van der Waals surface area (Å²) in [5.41, 5.74) is 2.42. The van der Waals surface area contributed by atoms with Crippen LogP contribution in [0.2, 0.25) is 10.0 Å². The van der Waals surface area contributed by atoms with Crippen molar-refractivity contribution in [3.05, 3.63) is 87.9 Å². The average molecular weight is 441 g/mol. The number of rotatable bonds is 4. The lowest BCUT2D eigenvalue weighted by molar-refractivity contribution is -0.125. The Morgan fingerprint density at radius 2 is 1.80 bits per heavy atom.